The number of hydrogen-bond acceptors (Lipinski definition) is 4. The molecule has 6 aliphatic rings. The van der Waals surface area contributed by atoms with Crippen molar-refractivity contribution in [2.24, 2.45) is 9.98 Å². The van der Waals surface area contributed by atoms with Crippen LogP contribution in [0, 0.1) is 6.92 Å². The highest BCUT2D eigenvalue weighted by Gasteiger charge is 2.50. The summed E-state index contributed by atoms with van der Waals surface area (Å²) in [4.78, 5) is 46.0. The SMILES string of the molecule is Cc1ccc(N2C(=O)N(C3CCCCC3)/C2=N/C2CCCCC2)cc1N1C(=O)N(C2CCCCC2)/C1=N/C1CCCCC1. The molecular weight excluding hydrogens is 536 g/mol. The summed E-state index contributed by atoms with van der Waals surface area (Å²) in [7, 11) is 0. The third-order valence-corrected chi connectivity index (χ3v) is 10.9. The van der Waals surface area contributed by atoms with Gasteiger partial charge in [0.2, 0.25) is 11.9 Å². The molecule has 4 aliphatic carbocycles. The Morgan fingerprint density at radius 2 is 0.977 bits per heavy atom. The smallest absolute Gasteiger partial charge is 0.260 e. The van der Waals surface area contributed by atoms with E-state index >= 15 is 0 Å². The van der Waals surface area contributed by atoms with Gasteiger partial charge in [0.15, 0.2) is 0 Å². The number of hydrogen-bond donors (Lipinski definition) is 0. The molecule has 0 unspecified atom stereocenters. The van der Waals surface area contributed by atoms with Crippen molar-refractivity contribution in [1.82, 2.24) is 9.80 Å². The Morgan fingerprint density at radius 1 is 0.558 bits per heavy atom. The van der Waals surface area contributed by atoms with Crippen LogP contribution in [0.2, 0.25) is 0 Å². The maximum atomic E-state index is 13.9. The van der Waals surface area contributed by atoms with Crippen LogP contribution >= 0.6 is 0 Å². The Labute approximate surface area is 257 Å². The summed E-state index contributed by atoms with van der Waals surface area (Å²) < 4.78 is 0. The highest BCUT2D eigenvalue weighted by molar-refractivity contribution is 6.32. The van der Waals surface area contributed by atoms with Gasteiger partial charge >= 0.3 is 12.1 Å². The highest BCUT2D eigenvalue weighted by atomic mass is 16.2. The van der Waals surface area contributed by atoms with Crippen LogP contribution in [0.1, 0.15) is 134 Å². The molecule has 0 spiro atoms. The summed E-state index contributed by atoms with van der Waals surface area (Å²) in [6.45, 7) is 2.07. The van der Waals surface area contributed by atoms with E-state index in [1.165, 1.54) is 77.0 Å². The van der Waals surface area contributed by atoms with Gasteiger partial charge in [-0.3, -0.25) is 9.80 Å². The topological polar surface area (TPSA) is 71.8 Å². The van der Waals surface area contributed by atoms with Crippen molar-refractivity contribution in [3.05, 3.63) is 23.8 Å². The second-order valence-electron chi connectivity index (χ2n) is 14.0. The van der Waals surface area contributed by atoms with E-state index in [1.54, 1.807) is 0 Å². The molecule has 0 radical (unpaired) electrons. The first-order valence-corrected chi connectivity index (χ1v) is 17.6. The van der Waals surface area contributed by atoms with E-state index in [0.29, 0.717) is 0 Å². The molecule has 4 saturated carbocycles. The van der Waals surface area contributed by atoms with Crippen molar-refractivity contribution >= 4 is 35.4 Å². The van der Waals surface area contributed by atoms with Gasteiger partial charge in [-0.1, -0.05) is 83.1 Å². The molecule has 6 fully saturated rings. The zero-order valence-corrected chi connectivity index (χ0v) is 26.2. The lowest BCUT2D eigenvalue weighted by atomic mass is 9.93. The first kappa shape index (κ1) is 28.8. The maximum Gasteiger partial charge on any atom is 0.338 e. The van der Waals surface area contributed by atoms with Gasteiger partial charge in [0.25, 0.3) is 0 Å². The Kier molecular flexibility index (Phi) is 8.46. The molecule has 2 saturated heterocycles. The molecule has 7 rings (SSSR count). The van der Waals surface area contributed by atoms with Crippen LogP contribution in [0.5, 0.6) is 0 Å². The predicted molar refractivity (Wildman–Crippen MR) is 173 cm³/mol. The Hall–Kier alpha value is -2.90. The molecule has 1 aromatic carbocycles. The number of aryl methyl sites for hydroxylation is 1. The van der Waals surface area contributed by atoms with Crippen molar-refractivity contribution in [2.75, 3.05) is 9.80 Å². The lowest BCUT2D eigenvalue weighted by molar-refractivity contribution is 0.187. The Bertz CT molecular complexity index is 1250. The van der Waals surface area contributed by atoms with Crippen LogP contribution in [0.4, 0.5) is 21.0 Å². The van der Waals surface area contributed by atoms with Crippen LogP contribution < -0.4 is 9.80 Å². The number of aliphatic imine (C=N–C) groups is 2. The molecule has 0 aromatic heterocycles. The minimum Gasteiger partial charge on any atom is -0.260 e. The van der Waals surface area contributed by atoms with E-state index in [1.807, 2.05) is 31.7 Å². The van der Waals surface area contributed by atoms with Crippen molar-refractivity contribution < 1.29 is 9.59 Å². The van der Waals surface area contributed by atoms with Gasteiger partial charge in [-0.15, -0.1) is 0 Å². The number of urea groups is 2. The first-order chi connectivity index (χ1) is 21.1. The second kappa shape index (κ2) is 12.6. The van der Waals surface area contributed by atoms with E-state index in [9.17, 15) is 9.59 Å². The van der Waals surface area contributed by atoms with E-state index in [4.69, 9.17) is 9.98 Å². The van der Waals surface area contributed by atoms with E-state index in [0.717, 1.165) is 80.2 Å². The molecular formula is C35H50N6O2. The zero-order chi connectivity index (χ0) is 29.3. The normalized spacial score (nSPS) is 27.3. The number of carbonyl (C=O) groups is 2. The lowest BCUT2D eigenvalue weighted by Crippen LogP contribution is -2.69. The van der Waals surface area contributed by atoms with Crippen LogP contribution in [0.25, 0.3) is 0 Å². The number of nitrogens with zero attached hydrogens (tertiary/aromatic N) is 6. The van der Waals surface area contributed by atoms with E-state index in [2.05, 4.69) is 13.0 Å². The van der Waals surface area contributed by atoms with Gasteiger partial charge in [-0.05, 0) is 76.0 Å². The van der Waals surface area contributed by atoms with Gasteiger partial charge in [0, 0.05) is 12.1 Å². The minimum absolute atomic E-state index is 0.0335. The highest BCUT2D eigenvalue weighted by Crippen LogP contribution is 2.40. The molecule has 232 valence electrons. The van der Waals surface area contributed by atoms with E-state index in [-0.39, 0.29) is 36.2 Å². The fourth-order valence-corrected chi connectivity index (χ4v) is 8.40. The molecule has 0 N–H and O–H groups in total. The maximum absolute atomic E-state index is 13.9. The van der Waals surface area contributed by atoms with Gasteiger partial charge in [-0.25, -0.2) is 29.4 Å². The Morgan fingerprint density at radius 3 is 1.47 bits per heavy atom. The van der Waals surface area contributed by atoms with Crippen LogP contribution in [-0.4, -0.2) is 57.9 Å². The largest absolute Gasteiger partial charge is 0.338 e. The average molecular weight is 587 g/mol. The summed E-state index contributed by atoms with van der Waals surface area (Å²) in [5.74, 6) is 1.66. The third-order valence-electron chi connectivity index (χ3n) is 10.9. The average Bonchev–Trinajstić information content (AvgIpc) is 3.04. The van der Waals surface area contributed by atoms with E-state index < -0.39 is 0 Å². The summed E-state index contributed by atoms with van der Waals surface area (Å²) in [6, 6.07) is 7.28. The molecule has 8 heteroatoms. The summed E-state index contributed by atoms with van der Waals surface area (Å²) in [5, 5.41) is 0. The number of rotatable bonds is 6. The first-order valence-electron chi connectivity index (χ1n) is 17.6. The molecule has 43 heavy (non-hydrogen) atoms. The monoisotopic (exact) mass is 586 g/mol. The standard InChI is InChI=1S/C35H50N6O2/c1-25-22-23-30(40-32(36-26-14-6-2-7-15-26)38(34(40)42)28-18-10-4-11-19-28)24-31(25)41-33(37-27-16-8-3-9-17-27)39(35(41)43)29-20-12-5-13-21-29/h22-24,26-29H,2-21H2,1H3/b36-32-,37-33-. The molecule has 8 nitrogen and oxygen atoms in total. The number of anilines is 2. The van der Waals surface area contributed by atoms with Gasteiger partial charge in [0.05, 0.1) is 23.5 Å². The van der Waals surface area contributed by atoms with Crippen molar-refractivity contribution in [1.29, 1.82) is 0 Å². The molecule has 0 bridgehead atoms. The summed E-state index contributed by atoms with van der Waals surface area (Å²) >= 11 is 0. The summed E-state index contributed by atoms with van der Waals surface area (Å²) in [5.41, 5.74) is 2.69. The fourth-order valence-electron chi connectivity index (χ4n) is 8.40. The van der Waals surface area contributed by atoms with Gasteiger partial charge in [0.1, 0.15) is 0 Å². The predicted octanol–water partition coefficient (Wildman–Crippen LogP) is 8.52. The molecule has 2 heterocycles. The van der Waals surface area contributed by atoms with Crippen LogP contribution in [0.3, 0.4) is 0 Å². The number of benzene rings is 1. The van der Waals surface area contributed by atoms with Gasteiger partial charge in [-0.2, -0.15) is 0 Å². The molecule has 1 aromatic rings. The molecule has 2 aliphatic heterocycles. The summed E-state index contributed by atoms with van der Waals surface area (Å²) in [6.07, 6.45) is 23.3. The zero-order valence-electron chi connectivity index (χ0n) is 26.2. The van der Waals surface area contributed by atoms with Crippen molar-refractivity contribution in [2.45, 2.75) is 160 Å². The van der Waals surface area contributed by atoms with Gasteiger partial charge < -0.3 is 0 Å². The lowest BCUT2D eigenvalue weighted by Gasteiger charge is -2.50. The quantitative estimate of drug-likeness (QED) is 0.335. The number of guanidine groups is 2. The number of carbonyl (C=O) groups excluding carboxylic acids is 2. The third kappa shape index (κ3) is 5.59. The minimum atomic E-state index is 0.0335. The van der Waals surface area contributed by atoms with Crippen molar-refractivity contribution in [3.63, 3.8) is 0 Å². The molecule has 4 amide bonds. The number of amides is 4. The Balaban J connectivity index is 1.21. The fraction of sp³-hybridized carbons (Fsp3) is 0.714. The second-order valence-corrected chi connectivity index (χ2v) is 14.0. The van der Waals surface area contributed by atoms with Crippen LogP contribution in [-0.2, 0) is 0 Å². The molecule has 0 atom stereocenters. The van der Waals surface area contributed by atoms with Crippen LogP contribution in [0.15, 0.2) is 28.2 Å². The van der Waals surface area contributed by atoms with Crippen molar-refractivity contribution in [3.8, 4) is 0 Å².